The molecule has 0 amide bonds. The maximum atomic E-state index is 12.6. The minimum atomic E-state index is -0.0430. The van der Waals surface area contributed by atoms with E-state index in [4.69, 9.17) is 9.47 Å². The average Bonchev–Trinajstić information content (AvgIpc) is 2.55. The average molecular weight is 283 g/mol. The number of hydrogen-bond acceptors (Lipinski definition) is 4. The lowest BCUT2D eigenvalue weighted by molar-refractivity contribution is 0.103. The van der Waals surface area contributed by atoms with E-state index in [-0.39, 0.29) is 5.78 Å². The molecule has 0 unspecified atom stereocenters. The number of carbonyl (C=O) groups excluding carboxylic acids is 1. The van der Waals surface area contributed by atoms with Crippen molar-refractivity contribution in [3.63, 3.8) is 0 Å². The first-order chi connectivity index (χ1) is 10.3. The molecule has 4 nitrogen and oxygen atoms in total. The van der Waals surface area contributed by atoms with Crippen molar-refractivity contribution < 1.29 is 14.3 Å². The summed E-state index contributed by atoms with van der Waals surface area (Å²) in [6.07, 6.45) is 0. The van der Waals surface area contributed by atoms with Gasteiger partial charge in [-0.3, -0.25) is 4.79 Å². The van der Waals surface area contributed by atoms with Crippen LogP contribution < -0.4 is 14.8 Å². The van der Waals surface area contributed by atoms with Crippen molar-refractivity contribution in [2.24, 2.45) is 0 Å². The normalized spacial score (nSPS) is 12.8. The summed E-state index contributed by atoms with van der Waals surface area (Å²) in [5, 5.41) is 3.24. The van der Waals surface area contributed by atoms with Gasteiger partial charge < -0.3 is 14.8 Å². The van der Waals surface area contributed by atoms with E-state index in [2.05, 4.69) is 5.32 Å². The molecule has 1 heterocycles. The van der Waals surface area contributed by atoms with Gasteiger partial charge in [0.15, 0.2) is 11.5 Å². The quantitative estimate of drug-likeness (QED) is 0.876. The van der Waals surface area contributed by atoms with Gasteiger partial charge in [0.2, 0.25) is 0 Å². The zero-order chi connectivity index (χ0) is 14.7. The zero-order valence-corrected chi connectivity index (χ0v) is 11.9. The van der Waals surface area contributed by atoms with Crippen LogP contribution in [0.15, 0.2) is 42.5 Å². The SMILES string of the molecule is CCOc1ccc(C(=O)c2cccc3c2OCCN3)cc1. The molecule has 2 aromatic carbocycles. The molecule has 2 aromatic rings. The van der Waals surface area contributed by atoms with Crippen molar-refractivity contribution in [2.45, 2.75) is 6.92 Å². The Morgan fingerprint density at radius 1 is 1.24 bits per heavy atom. The van der Waals surface area contributed by atoms with Gasteiger partial charge in [-0.2, -0.15) is 0 Å². The van der Waals surface area contributed by atoms with Crippen molar-refractivity contribution in [2.75, 3.05) is 25.1 Å². The summed E-state index contributed by atoms with van der Waals surface area (Å²) < 4.78 is 11.0. The Morgan fingerprint density at radius 3 is 2.81 bits per heavy atom. The lowest BCUT2D eigenvalue weighted by Gasteiger charge is -2.21. The highest BCUT2D eigenvalue weighted by Gasteiger charge is 2.20. The summed E-state index contributed by atoms with van der Waals surface area (Å²) >= 11 is 0. The molecular weight excluding hydrogens is 266 g/mol. The summed E-state index contributed by atoms with van der Waals surface area (Å²) in [7, 11) is 0. The molecular formula is C17H17NO3. The summed E-state index contributed by atoms with van der Waals surface area (Å²) in [6.45, 7) is 3.87. The van der Waals surface area contributed by atoms with E-state index in [0.29, 0.717) is 30.1 Å². The highest BCUT2D eigenvalue weighted by atomic mass is 16.5. The van der Waals surface area contributed by atoms with Crippen LogP contribution in [0, 0.1) is 0 Å². The van der Waals surface area contributed by atoms with Crippen LogP contribution in [-0.4, -0.2) is 25.5 Å². The van der Waals surface area contributed by atoms with Crippen LogP contribution in [0.5, 0.6) is 11.5 Å². The van der Waals surface area contributed by atoms with Crippen LogP contribution in [0.2, 0.25) is 0 Å². The first kappa shape index (κ1) is 13.5. The number of benzene rings is 2. The Labute approximate surface area is 123 Å². The van der Waals surface area contributed by atoms with Gasteiger partial charge in [-0.05, 0) is 43.3 Å². The van der Waals surface area contributed by atoms with Crippen molar-refractivity contribution in [1.82, 2.24) is 0 Å². The van der Waals surface area contributed by atoms with Gasteiger partial charge in [0, 0.05) is 12.1 Å². The maximum absolute atomic E-state index is 12.6. The van der Waals surface area contributed by atoms with Gasteiger partial charge in [-0.25, -0.2) is 0 Å². The van der Waals surface area contributed by atoms with E-state index < -0.39 is 0 Å². The van der Waals surface area contributed by atoms with Crippen LogP contribution in [0.25, 0.3) is 0 Å². The third-order valence-electron chi connectivity index (χ3n) is 3.35. The molecule has 1 N–H and O–H groups in total. The van der Waals surface area contributed by atoms with Crippen LogP contribution >= 0.6 is 0 Å². The van der Waals surface area contributed by atoms with Crippen molar-refractivity contribution in [3.05, 3.63) is 53.6 Å². The van der Waals surface area contributed by atoms with Gasteiger partial charge in [0.25, 0.3) is 0 Å². The topological polar surface area (TPSA) is 47.6 Å². The van der Waals surface area contributed by atoms with Crippen molar-refractivity contribution in [3.8, 4) is 11.5 Å². The summed E-state index contributed by atoms with van der Waals surface area (Å²) in [4.78, 5) is 12.6. The Kier molecular flexibility index (Phi) is 3.77. The predicted molar refractivity (Wildman–Crippen MR) is 81.5 cm³/mol. The summed E-state index contributed by atoms with van der Waals surface area (Å²) in [6, 6.07) is 12.8. The summed E-state index contributed by atoms with van der Waals surface area (Å²) in [5.41, 5.74) is 2.09. The van der Waals surface area contributed by atoms with Gasteiger partial charge in [0.1, 0.15) is 12.4 Å². The van der Waals surface area contributed by atoms with E-state index in [1.807, 2.05) is 31.2 Å². The third-order valence-corrected chi connectivity index (χ3v) is 3.35. The Hall–Kier alpha value is -2.49. The zero-order valence-electron chi connectivity index (χ0n) is 11.9. The number of para-hydroxylation sites is 1. The number of ketones is 1. The van der Waals surface area contributed by atoms with Crippen LogP contribution in [0.3, 0.4) is 0 Å². The van der Waals surface area contributed by atoms with E-state index in [1.165, 1.54) is 0 Å². The van der Waals surface area contributed by atoms with Crippen LogP contribution in [0.4, 0.5) is 5.69 Å². The molecule has 1 aliphatic rings. The summed E-state index contributed by atoms with van der Waals surface area (Å²) in [5.74, 6) is 1.36. The highest BCUT2D eigenvalue weighted by molar-refractivity contribution is 6.11. The molecule has 0 saturated heterocycles. The van der Waals surface area contributed by atoms with Crippen molar-refractivity contribution >= 4 is 11.5 Å². The number of hydrogen-bond donors (Lipinski definition) is 1. The van der Waals surface area contributed by atoms with Gasteiger partial charge >= 0.3 is 0 Å². The van der Waals surface area contributed by atoms with E-state index >= 15 is 0 Å². The molecule has 0 fully saturated rings. The molecule has 0 atom stereocenters. The lowest BCUT2D eigenvalue weighted by atomic mass is 10.0. The van der Waals surface area contributed by atoms with Gasteiger partial charge in [-0.15, -0.1) is 0 Å². The Bertz CT molecular complexity index is 650. The van der Waals surface area contributed by atoms with Gasteiger partial charge in [0.05, 0.1) is 17.9 Å². The second kappa shape index (κ2) is 5.87. The fourth-order valence-corrected chi connectivity index (χ4v) is 2.37. The molecule has 0 bridgehead atoms. The molecule has 3 rings (SSSR count). The molecule has 1 aliphatic heterocycles. The van der Waals surface area contributed by atoms with E-state index in [9.17, 15) is 4.79 Å². The second-order valence-corrected chi connectivity index (χ2v) is 4.74. The number of nitrogens with one attached hydrogen (secondary N) is 1. The number of fused-ring (bicyclic) bond motifs is 1. The van der Waals surface area contributed by atoms with Crippen LogP contribution in [-0.2, 0) is 0 Å². The molecule has 0 spiro atoms. The number of anilines is 1. The monoisotopic (exact) mass is 283 g/mol. The maximum Gasteiger partial charge on any atom is 0.196 e. The Balaban J connectivity index is 1.91. The first-order valence-electron chi connectivity index (χ1n) is 7.07. The molecule has 0 saturated carbocycles. The fraction of sp³-hybridized carbons (Fsp3) is 0.235. The molecule has 0 aliphatic carbocycles. The van der Waals surface area contributed by atoms with Crippen molar-refractivity contribution in [1.29, 1.82) is 0 Å². The number of rotatable bonds is 4. The van der Waals surface area contributed by atoms with Gasteiger partial charge in [-0.1, -0.05) is 6.07 Å². The highest BCUT2D eigenvalue weighted by Crippen LogP contribution is 2.32. The van der Waals surface area contributed by atoms with E-state index in [1.54, 1.807) is 18.2 Å². The molecule has 21 heavy (non-hydrogen) atoms. The molecule has 108 valence electrons. The lowest BCUT2D eigenvalue weighted by Crippen LogP contribution is -2.20. The number of carbonyl (C=O) groups is 1. The molecule has 0 radical (unpaired) electrons. The standard InChI is InChI=1S/C17H17NO3/c1-2-20-13-8-6-12(7-9-13)16(19)14-4-3-5-15-17(14)21-11-10-18-15/h3-9,18H,2,10-11H2,1H3. The minimum absolute atomic E-state index is 0.0430. The first-order valence-corrected chi connectivity index (χ1v) is 7.07. The fourth-order valence-electron chi connectivity index (χ4n) is 2.37. The molecule has 4 heteroatoms. The smallest absolute Gasteiger partial charge is 0.196 e. The second-order valence-electron chi connectivity index (χ2n) is 4.74. The molecule has 0 aromatic heterocycles. The minimum Gasteiger partial charge on any atom is -0.494 e. The van der Waals surface area contributed by atoms with Crippen LogP contribution in [0.1, 0.15) is 22.8 Å². The largest absolute Gasteiger partial charge is 0.494 e. The predicted octanol–water partition coefficient (Wildman–Crippen LogP) is 3.12. The van der Waals surface area contributed by atoms with E-state index in [0.717, 1.165) is 18.0 Å². The third kappa shape index (κ3) is 2.70. The number of ether oxygens (including phenoxy) is 2. The Morgan fingerprint density at radius 2 is 2.05 bits per heavy atom.